The maximum atomic E-state index is 8.75. The standard InChI is InChI=1S/C16H26N2O3/c17-13-14-2-1-3-16(12-14)20-10-8-18-6-4-15(5-7-18)21-11-9-19/h1-3,12,15,19H,4-11,13,17H2. The molecule has 5 heteroatoms. The Morgan fingerprint density at radius 2 is 2.05 bits per heavy atom. The summed E-state index contributed by atoms with van der Waals surface area (Å²) in [7, 11) is 0. The van der Waals surface area contributed by atoms with Gasteiger partial charge >= 0.3 is 0 Å². The maximum absolute atomic E-state index is 8.75. The second-order valence-electron chi connectivity index (χ2n) is 5.34. The Morgan fingerprint density at radius 3 is 2.76 bits per heavy atom. The first-order valence-electron chi connectivity index (χ1n) is 7.68. The third kappa shape index (κ3) is 5.63. The van der Waals surface area contributed by atoms with Crippen LogP contribution in [0.2, 0.25) is 0 Å². The molecule has 1 aliphatic heterocycles. The van der Waals surface area contributed by atoms with E-state index in [1.807, 2.05) is 24.3 Å². The Hall–Kier alpha value is -1.14. The molecule has 0 amide bonds. The molecule has 2 rings (SSSR count). The number of piperidine rings is 1. The van der Waals surface area contributed by atoms with E-state index in [4.69, 9.17) is 20.3 Å². The van der Waals surface area contributed by atoms with Crippen molar-refractivity contribution in [2.45, 2.75) is 25.5 Å². The molecule has 0 unspecified atom stereocenters. The van der Waals surface area contributed by atoms with Crippen molar-refractivity contribution in [1.82, 2.24) is 4.90 Å². The largest absolute Gasteiger partial charge is 0.492 e. The van der Waals surface area contributed by atoms with Crippen LogP contribution in [0.15, 0.2) is 24.3 Å². The SMILES string of the molecule is NCc1cccc(OCCN2CCC(OCCO)CC2)c1. The van der Waals surface area contributed by atoms with Gasteiger partial charge in [-0.3, -0.25) is 4.90 Å². The summed E-state index contributed by atoms with van der Waals surface area (Å²) in [5, 5.41) is 8.75. The summed E-state index contributed by atoms with van der Waals surface area (Å²) < 4.78 is 11.3. The molecule has 3 N–H and O–H groups in total. The molecule has 0 atom stereocenters. The van der Waals surface area contributed by atoms with E-state index in [1.165, 1.54) is 0 Å². The van der Waals surface area contributed by atoms with Gasteiger partial charge in [-0.15, -0.1) is 0 Å². The Balaban J connectivity index is 1.63. The summed E-state index contributed by atoms with van der Waals surface area (Å²) in [6, 6.07) is 7.94. The van der Waals surface area contributed by atoms with Crippen LogP contribution in [-0.4, -0.2) is 55.6 Å². The lowest BCUT2D eigenvalue weighted by Gasteiger charge is -2.31. The van der Waals surface area contributed by atoms with Gasteiger partial charge in [0.25, 0.3) is 0 Å². The molecule has 5 nitrogen and oxygen atoms in total. The molecule has 0 radical (unpaired) electrons. The number of rotatable bonds is 8. The summed E-state index contributed by atoms with van der Waals surface area (Å²) in [4.78, 5) is 2.39. The zero-order valence-electron chi connectivity index (χ0n) is 12.5. The Bertz CT molecular complexity index is 406. The lowest BCUT2D eigenvalue weighted by Crippen LogP contribution is -2.39. The van der Waals surface area contributed by atoms with E-state index in [1.54, 1.807) is 0 Å². The van der Waals surface area contributed by atoms with Gasteiger partial charge in [0, 0.05) is 26.2 Å². The average Bonchev–Trinajstić information content (AvgIpc) is 2.54. The van der Waals surface area contributed by atoms with E-state index in [0.29, 0.717) is 25.9 Å². The minimum Gasteiger partial charge on any atom is -0.492 e. The Labute approximate surface area is 126 Å². The monoisotopic (exact) mass is 294 g/mol. The predicted octanol–water partition coefficient (Wildman–Crippen LogP) is 0.997. The van der Waals surface area contributed by atoms with Crippen LogP contribution in [0.1, 0.15) is 18.4 Å². The van der Waals surface area contributed by atoms with Crippen LogP contribution < -0.4 is 10.5 Å². The molecule has 0 aliphatic carbocycles. The van der Waals surface area contributed by atoms with Crippen LogP contribution in [0, 0.1) is 0 Å². The van der Waals surface area contributed by atoms with Crippen LogP contribution in [0.25, 0.3) is 0 Å². The zero-order chi connectivity index (χ0) is 14.9. The average molecular weight is 294 g/mol. The molecule has 21 heavy (non-hydrogen) atoms. The fourth-order valence-electron chi connectivity index (χ4n) is 2.57. The van der Waals surface area contributed by atoms with Crippen molar-refractivity contribution in [3.05, 3.63) is 29.8 Å². The zero-order valence-corrected chi connectivity index (χ0v) is 12.5. The molecule has 0 aromatic heterocycles. The summed E-state index contributed by atoms with van der Waals surface area (Å²) in [6.07, 6.45) is 2.36. The van der Waals surface area contributed by atoms with Crippen LogP contribution >= 0.6 is 0 Å². The predicted molar refractivity (Wildman–Crippen MR) is 82.3 cm³/mol. The van der Waals surface area contributed by atoms with Crippen molar-refractivity contribution in [2.75, 3.05) is 39.5 Å². The van der Waals surface area contributed by atoms with Crippen LogP contribution in [0.5, 0.6) is 5.75 Å². The van der Waals surface area contributed by atoms with Crippen molar-refractivity contribution in [3.63, 3.8) is 0 Å². The highest BCUT2D eigenvalue weighted by molar-refractivity contribution is 5.28. The van der Waals surface area contributed by atoms with Gasteiger partial charge in [-0.2, -0.15) is 0 Å². The number of nitrogens with two attached hydrogens (primary N) is 1. The number of aliphatic hydroxyl groups excluding tert-OH is 1. The second kappa shape index (κ2) is 9.00. The van der Waals surface area contributed by atoms with Gasteiger partial charge < -0.3 is 20.3 Å². The lowest BCUT2D eigenvalue weighted by molar-refractivity contribution is -0.00923. The van der Waals surface area contributed by atoms with E-state index in [2.05, 4.69) is 4.90 Å². The molecule has 118 valence electrons. The number of hydrogen-bond acceptors (Lipinski definition) is 5. The number of benzene rings is 1. The third-order valence-corrected chi connectivity index (χ3v) is 3.79. The molecule has 1 heterocycles. The number of nitrogens with zero attached hydrogens (tertiary/aromatic N) is 1. The van der Waals surface area contributed by atoms with E-state index in [-0.39, 0.29) is 6.61 Å². The first-order valence-corrected chi connectivity index (χ1v) is 7.68. The van der Waals surface area contributed by atoms with Crippen molar-refractivity contribution in [2.24, 2.45) is 5.73 Å². The van der Waals surface area contributed by atoms with E-state index < -0.39 is 0 Å². The Kier molecular flexibility index (Phi) is 6.95. The number of hydrogen-bond donors (Lipinski definition) is 2. The summed E-state index contributed by atoms with van der Waals surface area (Å²) in [5.41, 5.74) is 6.71. The second-order valence-corrected chi connectivity index (χ2v) is 5.34. The number of ether oxygens (including phenoxy) is 2. The highest BCUT2D eigenvalue weighted by Crippen LogP contribution is 2.15. The molecule has 1 saturated heterocycles. The van der Waals surface area contributed by atoms with Crippen molar-refractivity contribution in [3.8, 4) is 5.75 Å². The fourth-order valence-corrected chi connectivity index (χ4v) is 2.57. The molecular weight excluding hydrogens is 268 g/mol. The normalized spacial score (nSPS) is 17.0. The van der Waals surface area contributed by atoms with Gasteiger partial charge in [0.05, 0.1) is 19.3 Å². The summed E-state index contributed by atoms with van der Waals surface area (Å²) in [5.74, 6) is 0.888. The number of aliphatic hydroxyl groups is 1. The van der Waals surface area contributed by atoms with Crippen LogP contribution in [0.4, 0.5) is 0 Å². The van der Waals surface area contributed by atoms with Crippen molar-refractivity contribution >= 4 is 0 Å². The van der Waals surface area contributed by atoms with E-state index in [0.717, 1.165) is 43.8 Å². The molecule has 1 fully saturated rings. The van der Waals surface area contributed by atoms with Crippen LogP contribution in [-0.2, 0) is 11.3 Å². The first-order chi connectivity index (χ1) is 10.3. The summed E-state index contributed by atoms with van der Waals surface area (Å²) in [6.45, 7) is 4.78. The maximum Gasteiger partial charge on any atom is 0.119 e. The summed E-state index contributed by atoms with van der Waals surface area (Å²) >= 11 is 0. The lowest BCUT2D eigenvalue weighted by atomic mass is 10.1. The quantitative estimate of drug-likeness (QED) is 0.748. The van der Waals surface area contributed by atoms with Gasteiger partial charge in [0.1, 0.15) is 12.4 Å². The Morgan fingerprint density at radius 1 is 1.24 bits per heavy atom. The molecular formula is C16H26N2O3. The topological polar surface area (TPSA) is 68.0 Å². The van der Waals surface area contributed by atoms with Gasteiger partial charge in [-0.05, 0) is 30.5 Å². The van der Waals surface area contributed by atoms with Crippen molar-refractivity contribution in [1.29, 1.82) is 0 Å². The number of likely N-dealkylation sites (tertiary alicyclic amines) is 1. The molecule has 1 aliphatic rings. The molecule has 0 saturated carbocycles. The first kappa shape index (κ1) is 16.2. The molecule has 0 bridgehead atoms. The minimum atomic E-state index is 0.107. The van der Waals surface area contributed by atoms with Crippen molar-refractivity contribution < 1.29 is 14.6 Å². The molecule has 0 spiro atoms. The fraction of sp³-hybridized carbons (Fsp3) is 0.625. The highest BCUT2D eigenvalue weighted by Gasteiger charge is 2.19. The van der Waals surface area contributed by atoms with Gasteiger partial charge in [-0.1, -0.05) is 12.1 Å². The molecule has 1 aromatic carbocycles. The van der Waals surface area contributed by atoms with Crippen LogP contribution in [0.3, 0.4) is 0 Å². The van der Waals surface area contributed by atoms with E-state index in [9.17, 15) is 0 Å². The third-order valence-electron chi connectivity index (χ3n) is 3.79. The highest BCUT2D eigenvalue weighted by atomic mass is 16.5. The minimum absolute atomic E-state index is 0.107. The van der Waals surface area contributed by atoms with E-state index >= 15 is 0 Å². The smallest absolute Gasteiger partial charge is 0.119 e. The van der Waals surface area contributed by atoms with Gasteiger partial charge in [0.15, 0.2) is 0 Å². The van der Waals surface area contributed by atoms with Gasteiger partial charge in [0.2, 0.25) is 0 Å². The van der Waals surface area contributed by atoms with Gasteiger partial charge in [-0.25, -0.2) is 0 Å². The molecule has 1 aromatic rings.